The predicted molar refractivity (Wildman–Crippen MR) is 81.3 cm³/mol. The van der Waals surface area contributed by atoms with E-state index >= 15 is 0 Å². The highest BCUT2D eigenvalue weighted by atomic mass is 16.6. The van der Waals surface area contributed by atoms with Crippen LogP contribution in [0.1, 0.15) is 66.7 Å². The average molecular weight is 310 g/mol. The quantitative estimate of drug-likeness (QED) is 0.697. The number of urea groups is 1. The highest BCUT2D eigenvalue weighted by Gasteiger charge is 2.57. The van der Waals surface area contributed by atoms with Gasteiger partial charge in [0.15, 0.2) is 0 Å². The zero-order valence-electron chi connectivity index (χ0n) is 14.1. The lowest BCUT2D eigenvalue weighted by Crippen LogP contribution is -2.49. The normalized spacial score (nSPS) is 23.1. The van der Waals surface area contributed by atoms with Crippen LogP contribution in [-0.4, -0.2) is 45.0 Å². The molecule has 4 amide bonds. The summed E-state index contributed by atoms with van der Waals surface area (Å²) in [4.78, 5) is 40.0. The van der Waals surface area contributed by atoms with Gasteiger partial charge in [-0.1, -0.05) is 19.3 Å². The highest BCUT2D eigenvalue weighted by molar-refractivity contribution is 6.12. The molecule has 1 saturated heterocycles. The monoisotopic (exact) mass is 310 g/mol. The van der Waals surface area contributed by atoms with Crippen molar-refractivity contribution in [3.8, 4) is 0 Å². The fourth-order valence-corrected chi connectivity index (χ4v) is 3.10. The summed E-state index contributed by atoms with van der Waals surface area (Å²) in [5.41, 5.74) is -1.91. The lowest BCUT2D eigenvalue weighted by atomic mass is 9.93. The van der Waals surface area contributed by atoms with Gasteiger partial charge in [0, 0.05) is 6.04 Å². The van der Waals surface area contributed by atoms with Gasteiger partial charge in [0.1, 0.15) is 11.1 Å². The Hall–Kier alpha value is -1.59. The Morgan fingerprint density at radius 2 is 1.68 bits per heavy atom. The van der Waals surface area contributed by atoms with Crippen LogP contribution in [0.3, 0.4) is 0 Å². The third kappa shape index (κ3) is 2.96. The van der Waals surface area contributed by atoms with Gasteiger partial charge in [0.2, 0.25) is 0 Å². The summed E-state index contributed by atoms with van der Waals surface area (Å²) in [5.74, 6) is -0.310. The van der Waals surface area contributed by atoms with Crippen molar-refractivity contribution in [3.05, 3.63) is 0 Å². The zero-order chi connectivity index (χ0) is 16.7. The van der Waals surface area contributed by atoms with Crippen LogP contribution in [0.2, 0.25) is 0 Å². The number of nitrogens with zero attached hydrogens (tertiary/aromatic N) is 2. The molecular weight excluding hydrogens is 284 g/mol. The summed E-state index contributed by atoms with van der Waals surface area (Å²) >= 11 is 0. The van der Waals surface area contributed by atoms with Crippen LogP contribution in [0.15, 0.2) is 0 Å². The molecule has 0 atom stereocenters. The summed E-state index contributed by atoms with van der Waals surface area (Å²) in [5, 5.41) is 0. The smallest absolute Gasteiger partial charge is 0.419 e. The number of hydrogen-bond acceptors (Lipinski definition) is 4. The Bertz CT molecular complexity index is 487. The second kappa shape index (κ2) is 5.56. The SMILES string of the molecule is CC(C)(C)OC(=O)N1C(=O)N(C2CCCCC2)C(=O)C1(C)C. The molecule has 2 rings (SSSR count). The van der Waals surface area contributed by atoms with Crippen molar-refractivity contribution in [1.29, 1.82) is 0 Å². The van der Waals surface area contributed by atoms with Crippen LogP contribution in [0, 0.1) is 0 Å². The molecule has 0 aromatic rings. The number of imide groups is 2. The van der Waals surface area contributed by atoms with E-state index in [1.165, 1.54) is 4.90 Å². The van der Waals surface area contributed by atoms with Crippen molar-refractivity contribution in [2.75, 3.05) is 0 Å². The first kappa shape index (κ1) is 16.8. The van der Waals surface area contributed by atoms with Crippen molar-refractivity contribution < 1.29 is 19.1 Å². The molecule has 1 saturated carbocycles. The molecule has 0 radical (unpaired) electrons. The fourth-order valence-electron chi connectivity index (χ4n) is 3.10. The molecular formula is C16H26N2O4. The molecule has 0 bridgehead atoms. The van der Waals surface area contributed by atoms with E-state index < -0.39 is 23.3 Å². The minimum Gasteiger partial charge on any atom is -0.443 e. The number of rotatable bonds is 1. The molecule has 1 aliphatic heterocycles. The van der Waals surface area contributed by atoms with Gasteiger partial charge in [-0.05, 0) is 47.5 Å². The number of ether oxygens (including phenoxy) is 1. The Kier molecular flexibility index (Phi) is 4.24. The lowest BCUT2D eigenvalue weighted by Gasteiger charge is -2.29. The third-order valence-electron chi connectivity index (χ3n) is 4.21. The number of carbonyl (C=O) groups excluding carboxylic acids is 3. The van der Waals surface area contributed by atoms with Crippen molar-refractivity contribution in [2.45, 2.75) is 83.9 Å². The van der Waals surface area contributed by atoms with Crippen LogP contribution < -0.4 is 0 Å². The van der Waals surface area contributed by atoms with Gasteiger partial charge in [-0.2, -0.15) is 0 Å². The van der Waals surface area contributed by atoms with Crippen molar-refractivity contribution in [1.82, 2.24) is 9.80 Å². The molecule has 0 aromatic carbocycles. The summed E-state index contributed by atoms with van der Waals surface area (Å²) in [6.07, 6.45) is 4.02. The second-order valence-corrected chi connectivity index (χ2v) is 7.62. The fraction of sp³-hybridized carbons (Fsp3) is 0.812. The Morgan fingerprint density at radius 1 is 1.14 bits per heavy atom. The van der Waals surface area contributed by atoms with Crippen LogP contribution in [0.4, 0.5) is 9.59 Å². The maximum atomic E-state index is 12.7. The van der Waals surface area contributed by atoms with Crippen LogP contribution in [0.5, 0.6) is 0 Å². The minimum atomic E-state index is -1.20. The molecule has 2 aliphatic rings. The van der Waals surface area contributed by atoms with Crippen molar-refractivity contribution in [2.24, 2.45) is 0 Å². The first-order chi connectivity index (χ1) is 10.1. The summed E-state index contributed by atoms with van der Waals surface area (Å²) in [6, 6.07) is -0.642. The average Bonchev–Trinajstić information content (AvgIpc) is 2.54. The second-order valence-electron chi connectivity index (χ2n) is 7.62. The number of amides is 4. The van der Waals surface area contributed by atoms with E-state index in [0.29, 0.717) is 0 Å². The molecule has 0 spiro atoms. The zero-order valence-corrected chi connectivity index (χ0v) is 14.1. The van der Waals surface area contributed by atoms with Gasteiger partial charge in [-0.15, -0.1) is 0 Å². The van der Waals surface area contributed by atoms with E-state index in [1.54, 1.807) is 34.6 Å². The Morgan fingerprint density at radius 3 is 2.18 bits per heavy atom. The standard InChI is InChI=1S/C16H26N2O4/c1-15(2,3)22-14(21)18-13(20)17(12(19)16(18,4)5)11-9-7-6-8-10-11/h11H,6-10H2,1-5H3. The first-order valence-electron chi connectivity index (χ1n) is 7.96. The van der Waals surface area contributed by atoms with Gasteiger partial charge in [-0.3, -0.25) is 9.69 Å². The van der Waals surface area contributed by atoms with Crippen LogP contribution >= 0.6 is 0 Å². The van der Waals surface area contributed by atoms with Gasteiger partial charge in [0.25, 0.3) is 5.91 Å². The number of carbonyl (C=O) groups is 3. The molecule has 124 valence electrons. The topological polar surface area (TPSA) is 66.9 Å². The lowest BCUT2D eigenvalue weighted by molar-refractivity contribution is -0.133. The molecule has 0 N–H and O–H groups in total. The molecule has 22 heavy (non-hydrogen) atoms. The summed E-state index contributed by atoms with van der Waals surface area (Å²) < 4.78 is 5.30. The van der Waals surface area contributed by atoms with Crippen molar-refractivity contribution in [3.63, 3.8) is 0 Å². The van der Waals surface area contributed by atoms with E-state index in [9.17, 15) is 14.4 Å². The van der Waals surface area contributed by atoms with E-state index in [2.05, 4.69) is 0 Å². The van der Waals surface area contributed by atoms with Gasteiger partial charge >= 0.3 is 12.1 Å². The van der Waals surface area contributed by atoms with E-state index in [1.807, 2.05) is 0 Å². The summed E-state index contributed by atoms with van der Waals surface area (Å²) in [6.45, 7) is 8.40. The van der Waals surface area contributed by atoms with Crippen LogP contribution in [-0.2, 0) is 9.53 Å². The largest absolute Gasteiger partial charge is 0.443 e. The van der Waals surface area contributed by atoms with E-state index in [4.69, 9.17) is 4.74 Å². The Balaban J connectivity index is 2.26. The van der Waals surface area contributed by atoms with E-state index in [-0.39, 0.29) is 11.9 Å². The van der Waals surface area contributed by atoms with Crippen LogP contribution in [0.25, 0.3) is 0 Å². The first-order valence-corrected chi connectivity index (χ1v) is 7.96. The third-order valence-corrected chi connectivity index (χ3v) is 4.21. The molecule has 1 aliphatic carbocycles. The molecule has 0 aromatic heterocycles. The minimum absolute atomic E-state index is 0.0968. The molecule has 6 nitrogen and oxygen atoms in total. The summed E-state index contributed by atoms with van der Waals surface area (Å²) in [7, 11) is 0. The highest BCUT2D eigenvalue weighted by Crippen LogP contribution is 2.34. The molecule has 0 unspecified atom stereocenters. The molecule has 6 heteroatoms. The number of hydrogen-bond donors (Lipinski definition) is 0. The Labute approximate surface area is 131 Å². The molecule has 2 fully saturated rings. The molecule has 1 heterocycles. The van der Waals surface area contributed by atoms with Gasteiger partial charge in [-0.25, -0.2) is 14.5 Å². The van der Waals surface area contributed by atoms with E-state index in [0.717, 1.165) is 37.0 Å². The van der Waals surface area contributed by atoms with Gasteiger partial charge < -0.3 is 4.74 Å². The predicted octanol–water partition coefficient (Wildman–Crippen LogP) is 3.30. The maximum absolute atomic E-state index is 12.7. The van der Waals surface area contributed by atoms with Crippen molar-refractivity contribution >= 4 is 18.0 Å². The maximum Gasteiger partial charge on any atom is 0.419 e. The van der Waals surface area contributed by atoms with Gasteiger partial charge in [0.05, 0.1) is 0 Å².